The van der Waals surface area contributed by atoms with Gasteiger partial charge in [-0.25, -0.2) is 0 Å². The van der Waals surface area contributed by atoms with Crippen LogP contribution in [0.1, 0.15) is 33.1 Å². The van der Waals surface area contributed by atoms with Crippen LogP contribution in [0, 0.1) is 0 Å². The summed E-state index contributed by atoms with van der Waals surface area (Å²) in [4.78, 5) is 17.7. The van der Waals surface area contributed by atoms with Gasteiger partial charge in [-0.3, -0.25) is 4.79 Å². The number of piperidine rings is 1. The van der Waals surface area contributed by atoms with Crippen LogP contribution in [0.4, 0.5) is 0 Å². The number of hydrogen-bond acceptors (Lipinski definition) is 1. The summed E-state index contributed by atoms with van der Waals surface area (Å²) in [6.07, 6.45) is 3.63. The lowest BCUT2D eigenvalue weighted by Gasteiger charge is -2.39. The molecule has 0 aromatic carbocycles. The van der Waals surface area contributed by atoms with Gasteiger partial charge in [0, 0.05) is 12.1 Å². The van der Waals surface area contributed by atoms with Crippen LogP contribution in [0.5, 0.6) is 0 Å². The maximum absolute atomic E-state index is 12.5. The molecular formula is C14H29N3O+2. The average Bonchev–Trinajstić information content (AvgIpc) is 2.32. The molecule has 2 atom stereocenters. The molecule has 2 heterocycles. The molecule has 2 rings (SSSR count). The molecule has 0 aliphatic carbocycles. The van der Waals surface area contributed by atoms with Crippen molar-refractivity contribution >= 4 is 5.91 Å². The van der Waals surface area contributed by atoms with Gasteiger partial charge in [0.25, 0.3) is 5.91 Å². The molecule has 4 heteroatoms. The molecule has 0 radical (unpaired) electrons. The van der Waals surface area contributed by atoms with Gasteiger partial charge in [-0.05, 0) is 33.1 Å². The second-order valence-corrected chi connectivity index (χ2v) is 6.31. The van der Waals surface area contributed by atoms with E-state index in [-0.39, 0.29) is 0 Å². The van der Waals surface area contributed by atoms with E-state index in [4.69, 9.17) is 0 Å². The maximum Gasteiger partial charge on any atom is 0.278 e. The zero-order chi connectivity index (χ0) is 13.1. The lowest BCUT2D eigenvalue weighted by Crippen LogP contribution is -3.27. The number of likely N-dealkylation sites (N-methyl/N-ethyl adjacent to an activating group) is 1. The molecule has 2 saturated heterocycles. The fourth-order valence-electron chi connectivity index (χ4n) is 3.43. The lowest BCUT2D eigenvalue weighted by atomic mass is 9.97. The largest absolute Gasteiger partial charge is 0.332 e. The van der Waals surface area contributed by atoms with E-state index >= 15 is 0 Å². The van der Waals surface area contributed by atoms with Crippen LogP contribution in [0.3, 0.4) is 0 Å². The van der Waals surface area contributed by atoms with E-state index < -0.39 is 0 Å². The van der Waals surface area contributed by atoms with Crippen molar-refractivity contribution in [1.82, 2.24) is 4.90 Å². The number of hydrogen-bond donors (Lipinski definition) is 2. The first-order valence-electron chi connectivity index (χ1n) is 7.54. The molecule has 0 unspecified atom stereocenters. The van der Waals surface area contributed by atoms with Crippen molar-refractivity contribution in [2.24, 2.45) is 0 Å². The summed E-state index contributed by atoms with van der Waals surface area (Å²) in [6.45, 7) is 9.82. The summed E-state index contributed by atoms with van der Waals surface area (Å²) in [7, 11) is 2.24. The summed E-state index contributed by atoms with van der Waals surface area (Å²) in [6, 6.07) is 0.887. The van der Waals surface area contributed by atoms with Crippen LogP contribution >= 0.6 is 0 Å². The average molecular weight is 255 g/mol. The SMILES string of the molecule is C[C@@H]1CCC[C@@H](C)N1C(=O)C[NH+]1CC[NH+](C)CC1. The van der Waals surface area contributed by atoms with Gasteiger partial charge in [0.2, 0.25) is 0 Å². The van der Waals surface area contributed by atoms with Crippen LogP contribution in [0.2, 0.25) is 0 Å². The van der Waals surface area contributed by atoms with Gasteiger partial charge in [0.1, 0.15) is 26.2 Å². The first kappa shape index (κ1) is 13.8. The Kier molecular flexibility index (Phi) is 4.62. The Morgan fingerprint density at radius 2 is 1.67 bits per heavy atom. The molecule has 2 aliphatic heterocycles. The second kappa shape index (κ2) is 6.02. The summed E-state index contributed by atoms with van der Waals surface area (Å²) >= 11 is 0. The van der Waals surface area contributed by atoms with Crippen molar-refractivity contribution in [3.8, 4) is 0 Å². The van der Waals surface area contributed by atoms with Crippen LogP contribution in [0.15, 0.2) is 0 Å². The second-order valence-electron chi connectivity index (χ2n) is 6.31. The minimum atomic E-state index is 0.379. The lowest BCUT2D eigenvalue weighted by molar-refractivity contribution is -1.000. The highest BCUT2D eigenvalue weighted by atomic mass is 16.2. The van der Waals surface area contributed by atoms with Crippen LogP contribution < -0.4 is 9.80 Å². The van der Waals surface area contributed by atoms with Gasteiger partial charge in [0.05, 0.1) is 7.05 Å². The van der Waals surface area contributed by atoms with Gasteiger partial charge < -0.3 is 14.7 Å². The fourth-order valence-corrected chi connectivity index (χ4v) is 3.43. The standard InChI is InChI=1S/C14H27N3O/c1-12-5-4-6-13(2)17(12)14(18)11-16-9-7-15(3)8-10-16/h12-13H,4-11H2,1-3H3/p+2/t12-,13-/m1/s1. The molecule has 2 fully saturated rings. The number of likely N-dealkylation sites (tertiary alicyclic amines) is 1. The van der Waals surface area contributed by atoms with Crippen molar-refractivity contribution in [3.05, 3.63) is 0 Å². The molecule has 18 heavy (non-hydrogen) atoms. The van der Waals surface area contributed by atoms with E-state index in [0.29, 0.717) is 24.5 Å². The van der Waals surface area contributed by atoms with Gasteiger partial charge in [-0.15, -0.1) is 0 Å². The molecule has 1 amide bonds. The van der Waals surface area contributed by atoms with E-state index in [1.54, 1.807) is 4.90 Å². The third kappa shape index (κ3) is 3.23. The van der Waals surface area contributed by atoms with Crippen molar-refractivity contribution in [3.63, 3.8) is 0 Å². The number of nitrogens with one attached hydrogen (secondary N) is 2. The fraction of sp³-hybridized carbons (Fsp3) is 0.929. The van der Waals surface area contributed by atoms with Gasteiger partial charge in [-0.1, -0.05) is 0 Å². The Labute approximate surface area is 111 Å². The number of amides is 1. The third-order valence-electron chi connectivity index (χ3n) is 4.69. The van der Waals surface area contributed by atoms with Gasteiger partial charge >= 0.3 is 0 Å². The summed E-state index contributed by atoms with van der Waals surface area (Å²) in [5, 5.41) is 0. The Hall–Kier alpha value is -0.610. The predicted molar refractivity (Wildman–Crippen MR) is 71.8 cm³/mol. The predicted octanol–water partition coefficient (Wildman–Crippen LogP) is -1.81. The number of carbonyl (C=O) groups excluding carboxylic acids is 1. The van der Waals surface area contributed by atoms with Crippen LogP contribution in [-0.2, 0) is 4.79 Å². The number of quaternary nitrogens is 2. The number of piperazine rings is 1. The van der Waals surface area contributed by atoms with Crippen molar-refractivity contribution < 1.29 is 14.6 Å². The molecule has 0 spiro atoms. The van der Waals surface area contributed by atoms with E-state index in [9.17, 15) is 4.79 Å². The summed E-state index contributed by atoms with van der Waals surface area (Å²) < 4.78 is 0. The highest BCUT2D eigenvalue weighted by Crippen LogP contribution is 2.21. The van der Waals surface area contributed by atoms with Crippen LogP contribution in [-0.4, -0.2) is 62.7 Å². The normalized spacial score (nSPS) is 37.6. The highest BCUT2D eigenvalue weighted by Gasteiger charge is 2.32. The first-order valence-corrected chi connectivity index (χ1v) is 7.54. The minimum Gasteiger partial charge on any atom is -0.332 e. The van der Waals surface area contributed by atoms with E-state index in [2.05, 4.69) is 25.8 Å². The van der Waals surface area contributed by atoms with Crippen LogP contribution in [0.25, 0.3) is 0 Å². The zero-order valence-corrected chi connectivity index (χ0v) is 12.2. The smallest absolute Gasteiger partial charge is 0.278 e. The van der Waals surface area contributed by atoms with Crippen molar-refractivity contribution in [2.45, 2.75) is 45.2 Å². The Morgan fingerprint density at radius 1 is 1.11 bits per heavy atom. The molecule has 2 N–H and O–H groups in total. The highest BCUT2D eigenvalue weighted by molar-refractivity contribution is 5.77. The summed E-state index contributed by atoms with van der Waals surface area (Å²) in [5.74, 6) is 0.379. The van der Waals surface area contributed by atoms with Crippen molar-refractivity contribution in [1.29, 1.82) is 0 Å². The topological polar surface area (TPSA) is 29.2 Å². The zero-order valence-electron chi connectivity index (χ0n) is 12.2. The van der Waals surface area contributed by atoms with E-state index in [1.807, 2.05) is 0 Å². The van der Waals surface area contributed by atoms with E-state index in [0.717, 1.165) is 13.1 Å². The van der Waals surface area contributed by atoms with Gasteiger partial charge in [0.15, 0.2) is 6.54 Å². The molecular weight excluding hydrogens is 226 g/mol. The number of nitrogens with zero attached hydrogens (tertiary/aromatic N) is 1. The quantitative estimate of drug-likeness (QED) is 0.598. The molecule has 2 aliphatic rings. The number of carbonyl (C=O) groups is 1. The van der Waals surface area contributed by atoms with Gasteiger partial charge in [-0.2, -0.15) is 0 Å². The monoisotopic (exact) mass is 255 g/mol. The van der Waals surface area contributed by atoms with E-state index in [1.165, 1.54) is 37.3 Å². The third-order valence-corrected chi connectivity index (χ3v) is 4.69. The molecule has 0 saturated carbocycles. The molecule has 4 nitrogen and oxygen atoms in total. The van der Waals surface area contributed by atoms with Crippen molar-refractivity contribution in [2.75, 3.05) is 39.8 Å². The minimum absolute atomic E-state index is 0.379. The molecule has 0 aromatic heterocycles. The Morgan fingerprint density at radius 3 is 2.22 bits per heavy atom. The molecule has 0 aromatic rings. The first-order chi connectivity index (χ1) is 8.58. The Balaban J connectivity index is 1.86. The summed E-state index contributed by atoms with van der Waals surface area (Å²) in [5.41, 5.74) is 0. The molecule has 0 bridgehead atoms. The number of rotatable bonds is 2. The maximum atomic E-state index is 12.5. The molecule has 104 valence electrons. The Bertz CT molecular complexity index is 277.